The quantitative estimate of drug-likeness (QED) is 0.644. The van der Waals surface area contributed by atoms with Crippen molar-refractivity contribution < 1.29 is 24.6 Å². The van der Waals surface area contributed by atoms with E-state index in [4.69, 9.17) is 0 Å². The average molecular weight is 297 g/mol. The largest absolute Gasteiger partial charge is 0.392 e. The molecule has 4 unspecified atom stereocenters. The fourth-order valence-corrected chi connectivity index (χ4v) is 3.66. The molecular weight excluding hydrogens is 274 g/mol. The number of carbonyl (C=O) groups is 3. The molecule has 0 aromatic rings. The third-order valence-electron chi connectivity index (χ3n) is 4.54. The van der Waals surface area contributed by atoms with Crippen molar-refractivity contribution in [1.82, 2.24) is 5.32 Å². The normalized spacial score (nSPS) is 36.5. The van der Waals surface area contributed by atoms with Crippen molar-refractivity contribution in [2.45, 2.75) is 57.7 Å². The molecule has 1 saturated carbocycles. The van der Waals surface area contributed by atoms with Crippen LogP contribution in [0.15, 0.2) is 0 Å². The summed E-state index contributed by atoms with van der Waals surface area (Å²) in [4.78, 5) is 34.9. The molecule has 0 radical (unpaired) electrons. The van der Waals surface area contributed by atoms with E-state index in [1.54, 1.807) is 0 Å². The molecular formula is C15H23NO5. The Kier molecular flexibility index (Phi) is 4.49. The molecule has 4 atom stereocenters. The Morgan fingerprint density at radius 1 is 1.29 bits per heavy atom. The molecule has 0 aromatic heterocycles. The highest BCUT2D eigenvalue weighted by atomic mass is 16.3. The Morgan fingerprint density at radius 3 is 2.43 bits per heavy atom. The molecule has 0 spiro atoms. The Balaban J connectivity index is 2.02. The van der Waals surface area contributed by atoms with Crippen molar-refractivity contribution in [2.75, 3.05) is 0 Å². The number of Topliss-reactive ketones (excluding diaryl/α,β-unsaturated/α-hetero) is 1. The highest BCUT2D eigenvalue weighted by Gasteiger charge is 2.45. The summed E-state index contributed by atoms with van der Waals surface area (Å²) >= 11 is 0. The predicted octanol–water partition coefficient (Wildman–Crippen LogP) is 0.156. The number of amides is 2. The van der Waals surface area contributed by atoms with Crippen LogP contribution in [0.5, 0.6) is 0 Å². The summed E-state index contributed by atoms with van der Waals surface area (Å²) in [6, 6.07) is 0. The van der Waals surface area contributed by atoms with Crippen molar-refractivity contribution in [1.29, 1.82) is 0 Å². The van der Waals surface area contributed by atoms with E-state index < -0.39 is 17.6 Å². The third kappa shape index (κ3) is 3.68. The fourth-order valence-electron chi connectivity index (χ4n) is 3.66. The summed E-state index contributed by atoms with van der Waals surface area (Å²) in [5.74, 6) is -1.72. The van der Waals surface area contributed by atoms with E-state index in [0.717, 1.165) is 0 Å². The Hall–Kier alpha value is -1.27. The van der Waals surface area contributed by atoms with Crippen LogP contribution in [-0.4, -0.2) is 39.5 Å². The zero-order valence-corrected chi connectivity index (χ0v) is 12.5. The van der Waals surface area contributed by atoms with Crippen molar-refractivity contribution in [3.8, 4) is 0 Å². The van der Waals surface area contributed by atoms with Gasteiger partial charge in [-0.05, 0) is 38.0 Å². The number of aliphatic hydroxyl groups excluding tert-OH is 1. The third-order valence-corrected chi connectivity index (χ3v) is 4.54. The first-order chi connectivity index (χ1) is 9.69. The summed E-state index contributed by atoms with van der Waals surface area (Å²) in [6.45, 7) is 3.43. The summed E-state index contributed by atoms with van der Waals surface area (Å²) in [5.41, 5.74) is -1.40. The smallest absolute Gasteiger partial charge is 0.226 e. The van der Waals surface area contributed by atoms with Gasteiger partial charge in [0, 0.05) is 18.8 Å². The van der Waals surface area contributed by atoms with Gasteiger partial charge < -0.3 is 10.2 Å². The second-order valence-corrected chi connectivity index (χ2v) is 6.84. The molecule has 1 aliphatic heterocycles. The minimum atomic E-state index is -1.40. The van der Waals surface area contributed by atoms with E-state index in [1.807, 2.05) is 6.92 Å². The van der Waals surface area contributed by atoms with Gasteiger partial charge in [0.05, 0.1) is 6.10 Å². The van der Waals surface area contributed by atoms with Gasteiger partial charge in [-0.1, -0.05) is 6.92 Å². The molecule has 2 amide bonds. The van der Waals surface area contributed by atoms with Gasteiger partial charge in [-0.2, -0.15) is 0 Å². The van der Waals surface area contributed by atoms with Gasteiger partial charge in [-0.25, -0.2) is 0 Å². The molecule has 6 heteroatoms. The number of hydrogen-bond donors (Lipinski definition) is 3. The van der Waals surface area contributed by atoms with Crippen LogP contribution in [-0.2, 0) is 14.4 Å². The van der Waals surface area contributed by atoms with Crippen molar-refractivity contribution in [3.05, 3.63) is 0 Å². The van der Waals surface area contributed by atoms with Gasteiger partial charge in [-0.3, -0.25) is 19.7 Å². The topological polar surface area (TPSA) is 104 Å². The van der Waals surface area contributed by atoms with Crippen LogP contribution in [0.3, 0.4) is 0 Å². The summed E-state index contributed by atoms with van der Waals surface area (Å²) in [7, 11) is 0. The summed E-state index contributed by atoms with van der Waals surface area (Å²) in [6.07, 6.45) is 0.627. The second kappa shape index (κ2) is 5.85. The lowest BCUT2D eigenvalue weighted by Gasteiger charge is -2.39. The molecule has 2 fully saturated rings. The monoisotopic (exact) mass is 297 g/mol. The predicted molar refractivity (Wildman–Crippen MR) is 74.0 cm³/mol. The van der Waals surface area contributed by atoms with Crippen LogP contribution >= 0.6 is 0 Å². The van der Waals surface area contributed by atoms with Crippen LogP contribution in [0, 0.1) is 17.8 Å². The zero-order chi connectivity index (χ0) is 15.8. The summed E-state index contributed by atoms with van der Waals surface area (Å²) in [5, 5.41) is 22.7. The van der Waals surface area contributed by atoms with Crippen molar-refractivity contribution in [3.63, 3.8) is 0 Å². The molecule has 21 heavy (non-hydrogen) atoms. The van der Waals surface area contributed by atoms with Crippen molar-refractivity contribution >= 4 is 17.6 Å². The number of ketones is 1. The molecule has 118 valence electrons. The van der Waals surface area contributed by atoms with E-state index in [1.165, 1.54) is 6.92 Å². The molecule has 2 aliphatic rings. The lowest BCUT2D eigenvalue weighted by molar-refractivity contribution is -0.152. The van der Waals surface area contributed by atoms with Crippen LogP contribution in [0.4, 0.5) is 0 Å². The first kappa shape index (κ1) is 16.1. The maximum Gasteiger partial charge on any atom is 0.226 e. The molecule has 1 aliphatic carbocycles. The Bertz CT molecular complexity index is 443. The van der Waals surface area contributed by atoms with Gasteiger partial charge in [0.25, 0.3) is 0 Å². The van der Waals surface area contributed by atoms with Gasteiger partial charge in [0.2, 0.25) is 11.8 Å². The Labute approximate surface area is 123 Å². The van der Waals surface area contributed by atoms with Crippen molar-refractivity contribution in [2.24, 2.45) is 17.8 Å². The van der Waals surface area contributed by atoms with Crippen LogP contribution < -0.4 is 5.32 Å². The zero-order valence-electron chi connectivity index (χ0n) is 12.5. The van der Waals surface area contributed by atoms with Gasteiger partial charge >= 0.3 is 0 Å². The standard InChI is InChI=1S/C15H23NO5/c1-8-3-10(14(20)15(2,21)7-8)11(17)4-9-5-12(18)16-13(19)6-9/h8-11,17,21H,3-7H2,1-2H3,(H,16,18,19). The SMILES string of the molecule is CC1CC(C(O)CC2CC(=O)NC(=O)C2)C(=O)C(C)(O)C1. The van der Waals surface area contributed by atoms with E-state index >= 15 is 0 Å². The summed E-state index contributed by atoms with van der Waals surface area (Å²) < 4.78 is 0. The number of imide groups is 1. The Morgan fingerprint density at radius 2 is 1.86 bits per heavy atom. The maximum absolute atomic E-state index is 12.2. The second-order valence-electron chi connectivity index (χ2n) is 6.84. The fraction of sp³-hybridized carbons (Fsp3) is 0.800. The maximum atomic E-state index is 12.2. The lowest BCUT2D eigenvalue weighted by Crippen LogP contribution is -2.50. The number of piperidine rings is 1. The number of hydrogen-bond acceptors (Lipinski definition) is 5. The van der Waals surface area contributed by atoms with Gasteiger partial charge in [-0.15, -0.1) is 0 Å². The number of rotatable bonds is 3. The number of aliphatic hydroxyl groups is 2. The molecule has 2 rings (SSSR count). The van der Waals surface area contributed by atoms with E-state index in [2.05, 4.69) is 5.32 Å². The molecule has 6 nitrogen and oxygen atoms in total. The number of carbonyl (C=O) groups excluding carboxylic acids is 3. The molecule has 1 heterocycles. The first-order valence-electron chi connectivity index (χ1n) is 7.46. The van der Waals surface area contributed by atoms with Gasteiger partial charge in [0.1, 0.15) is 5.60 Å². The minimum Gasteiger partial charge on any atom is -0.392 e. The minimum absolute atomic E-state index is 0.147. The molecule has 3 N–H and O–H groups in total. The average Bonchev–Trinajstić information content (AvgIpc) is 2.31. The number of nitrogens with one attached hydrogen (secondary N) is 1. The van der Waals surface area contributed by atoms with Gasteiger partial charge in [0.15, 0.2) is 5.78 Å². The first-order valence-corrected chi connectivity index (χ1v) is 7.46. The van der Waals surface area contributed by atoms with E-state index in [9.17, 15) is 24.6 Å². The van der Waals surface area contributed by atoms with E-state index in [0.29, 0.717) is 12.8 Å². The van der Waals surface area contributed by atoms with E-state index in [-0.39, 0.29) is 48.7 Å². The lowest BCUT2D eigenvalue weighted by atomic mass is 9.69. The highest BCUT2D eigenvalue weighted by Crippen LogP contribution is 2.36. The highest BCUT2D eigenvalue weighted by molar-refractivity contribution is 5.97. The van der Waals surface area contributed by atoms with Crippen LogP contribution in [0.2, 0.25) is 0 Å². The van der Waals surface area contributed by atoms with Crippen LogP contribution in [0.1, 0.15) is 46.0 Å². The molecule has 0 aromatic carbocycles. The molecule has 0 bridgehead atoms. The molecule has 1 saturated heterocycles. The van der Waals surface area contributed by atoms with Crippen LogP contribution in [0.25, 0.3) is 0 Å².